The molecular formula is C7H4BrFN2. The van der Waals surface area contributed by atoms with Gasteiger partial charge in [0, 0.05) is 5.69 Å². The number of nitrogens with two attached hydrogens (primary N) is 1. The van der Waals surface area contributed by atoms with Gasteiger partial charge in [0.1, 0.15) is 6.07 Å². The van der Waals surface area contributed by atoms with E-state index in [1.807, 2.05) is 0 Å². The molecule has 0 atom stereocenters. The Balaban J connectivity index is 3.40. The number of halogens is 2. The van der Waals surface area contributed by atoms with Gasteiger partial charge >= 0.3 is 0 Å². The lowest BCUT2D eigenvalue weighted by molar-refractivity contribution is 0.618. The van der Waals surface area contributed by atoms with E-state index in [9.17, 15) is 4.39 Å². The minimum atomic E-state index is -0.604. The highest BCUT2D eigenvalue weighted by atomic mass is 79.9. The Bertz CT molecular complexity index is 330. The lowest BCUT2D eigenvalue weighted by Gasteiger charge is -1.99. The Morgan fingerprint density at radius 3 is 2.73 bits per heavy atom. The van der Waals surface area contributed by atoms with Crippen molar-refractivity contribution in [2.45, 2.75) is 0 Å². The number of benzene rings is 1. The molecule has 56 valence electrons. The van der Waals surface area contributed by atoms with Crippen molar-refractivity contribution in [3.05, 3.63) is 28.0 Å². The van der Waals surface area contributed by atoms with Crippen molar-refractivity contribution < 1.29 is 4.39 Å². The standard InChI is InChI=1S/C7H4BrFN2/c8-6-5(11)2-1-4(3-10)7(6)9/h1-2H,11H2. The average Bonchev–Trinajstić information content (AvgIpc) is 2.01. The van der Waals surface area contributed by atoms with Gasteiger partial charge in [0.15, 0.2) is 5.82 Å². The van der Waals surface area contributed by atoms with Crippen molar-refractivity contribution in [2.24, 2.45) is 0 Å². The molecule has 1 aromatic rings. The molecule has 0 fully saturated rings. The van der Waals surface area contributed by atoms with Gasteiger partial charge in [-0.15, -0.1) is 0 Å². The van der Waals surface area contributed by atoms with Gasteiger partial charge < -0.3 is 5.73 Å². The molecule has 0 spiro atoms. The Labute approximate surface area is 71.6 Å². The second-order valence-corrected chi connectivity index (χ2v) is 2.74. The van der Waals surface area contributed by atoms with Crippen LogP contribution in [-0.2, 0) is 0 Å². The molecule has 11 heavy (non-hydrogen) atoms. The summed E-state index contributed by atoms with van der Waals surface area (Å²) < 4.78 is 13.1. The summed E-state index contributed by atoms with van der Waals surface area (Å²) in [6, 6.07) is 4.52. The van der Waals surface area contributed by atoms with Gasteiger partial charge in [0.2, 0.25) is 0 Å². The molecule has 0 aliphatic rings. The fourth-order valence-electron chi connectivity index (χ4n) is 0.651. The van der Waals surface area contributed by atoms with Crippen LogP contribution in [0.5, 0.6) is 0 Å². The topological polar surface area (TPSA) is 49.8 Å². The first-order chi connectivity index (χ1) is 5.16. The second-order valence-electron chi connectivity index (χ2n) is 1.94. The van der Waals surface area contributed by atoms with Crippen molar-refractivity contribution in [3.8, 4) is 6.07 Å². The maximum atomic E-state index is 12.9. The second kappa shape index (κ2) is 2.89. The number of anilines is 1. The highest BCUT2D eigenvalue weighted by Gasteiger charge is 2.07. The molecule has 0 aromatic heterocycles. The quantitative estimate of drug-likeness (QED) is 0.673. The van der Waals surface area contributed by atoms with E-state index in [2.05, 4.69) is 15.9 Å². The van der Waals surface area contributed by atoms with Crippen molar-refractivity contribution in [1.82, 2.24) is 0 Å². The van der Waals surface area contributed by atoms with Gasteiger partial charge in [-0.3, -0.25) is 0 Å². The molecule has 0 aliphatic carbocycles. The van der Waals surface area contributed by atoms with Crippen molar-refractivity contribution in [3.63, 3.8) is 0 Å². The summed E-state index contributed by atoms with van der Waals surface area (Å²) >= 11 is 2.92. The number of rotatable bonds is 0. The van der Waals surface area contributed by atoms with Crippen LogP contribution in [0.25, 0.3) is 0 Å². The zero-order valence-corrected chi connectivity index (χ0v) is 7.02. The Hall–Kier alpha value is -1.08. The highest BCUT2D eigenvalue weighted by Crippen LogP contribution is 2.24. The molecule has 0 saturated carbocycles. The summed E-state index contributed by atoms with van der Waals surface area (Å²) in [5.41, 5.74) is 5.63. The highest BCUT2D eigenvalue weighted by molar-refractivity contribution is 9.10. The van der Waals surface area contributed by atoms with Gasteiger partial charge in [-0.05, 0) is 28.1 Å². The molecule has 2 N–H and O–H groups in total. The molecular weight excluding hydrogens is 211 g/mol. The predicted molar refractivity (Wildman–Crippen MR) is 43.2 cm³/mol. The van der Waals surface area contributed by atoms with Crippen molar-refractivity contribution in [2.75, 3.05) is 5.73 Å². The molecule has 0 unspecified atom stereocenters. The Morgan fingerprint density at radius 2 is 2.18 bits per heavy atom. The predicted octanol–water partition coefficient (Wildman–Crippen LogP) is 2.04. The summed E-state index contributed by atoms with van der Waals surface area (Å²) in [5.74, 6) is -0.604. The third-order valence-corrected chi connectivity index (χ3v) is 2.04. The number of nitriles is 1. The van der Waals surface area contributed by atoms with Gasteiger partial charge in [0.05, 0.1) is 10.0 Å². The van der Waals surface area contributed by atoms with E-state index < -0.39 is 5.82 Å². The maximum Gasteiger partial charge on any atom is 0.157 e. The van der Waals surface area contributed by atoms with E-state index in [4.69, 9.17) is 11.0 Å². The fourth-order valence-corrected chi connectivity index (χ4v) is 0.996. The van der Waals surface area contributed by atoms with Crippen LogP contribution in [0.2, 0.25) is 0 Å². The lowest BCUT2D eigenvalue weighted by atomic mass is 10.2. The van der Waals surface area contributed by atoms with Gasteiger partial charge in [0.25, 0.3) is 0 Å². The molecule has 0 saturated heterocycles. The van der Waals surface area contributed by atoms with Crippen LogP contribution >= 0.6 is 15.9 Å². The minimum Gasteiger partial charge on any atom is -0.398 e. The van der Waals surface area contributed by atoms with Crippen LogP contribution in [-0.4, -0.2) is 0 Å². The van der Waals surface area contributed by atoms with E-state index in [-0.39, 0.29) is 10.0 Å². The monoisotopic (exact) mass is 214 g/mol. The summed E-state index contributed by atoms with van der Waals surface area (Å²) in [6.07, 6.45) is 0. The summed E-state index contributed by atoms with van der Waals surface area (Å²) in [4.78, 5) is 0. The van der Waals surface area contributed by atoms with E-state index in [1.165, 1.54) is 12.1 Å². The smallest absolute Gasteiger partial charge is 0.157 e. The zero-order valence-electron chi connectivity index (χ0n) is 5.44. The van der Waals surface area contributed by atoms with E-state index >= 15 is 0 Å². The largest absolute Gasteiger partial charge is 0.398 e. The SMILES string of the molecule is N#Cc1ccc(N)c(Br)c1F. The van der Waals surface area contributed by atoms with E-state index in [0.29, 0.717) is 5.69 Å². The molecule has 1 aromatic carbocycles. The number of nitrogens with zero attached hydrogens (tertiary/aromatic N) is 1. The molecule has 1 rings (SSSR count). The van der Waals surface area contributed by atoms with Crippen LogP contribution in [0.15, 0.2) is 16.6 Å². The van der Waals surface area contributed by atoms with Crippen LogP contribution in [0.4, 0.5) is 10.1 Å². The normalized spacial score (nSPS) is 9.18. The molecule has 0 heterocycles. The van der Waals surface area contributed by atoms with Crippen molar-refractivity contribution in [1.29, 1.82) is 5.26 Å². The van der Waals surface area contributed by atoms with Crippen LogP contribution < -0.4 is 5.73 Å². The fraction of sp³-hybridized carbons (Fsp3) is 0. The van der Waals surface area contributed by atoms with Gasteiger partial charge in [-0.1, -0.05) is 0 Å². The Kier molecular flexibility index (Phi) is 2.11. The van der Waals surface area contributed by atoms with Gasteiger partial charge in [-0.2, -0.15) is 5.26 Å². The molecule has 0 radical (unpaired) electrons. The van der Waals surface area contributed by atoms with Crippen LogP contribution in [0.3, 0.4) is 0 Å². The average molecular weight is 215 g/mol. The molecule has 0 amide bonds. The molecule has 0 bridgehead atoms. The molecule has 0 aliphatic heterocycles. The van der Waals surface area contributed by atoms with Crippen molar-refractivity contribution >= 4 is 21.6 Å². The molecule has 4 heteroatoms. The molecule has 2 nitrogen and oxygen atoms in total. The Morgan fingerprint density at radius 1 is 1.55 bits per heavy atom. The third-order valence-electron chi connectivity index (χ3n) is 1.23. The first-order valence-electron chi connectivity index (χ1n) is 2.80. The first kappa shape index (κ1) is 8.02. The van der Waals surface area contributed by atoms with Crippen LogP contribution in [0.1, 0.15) is 5.56 Å². The zero-order chi connectivity index (χ0) is 8.43. The summed E-state index contributed by atoms with van der Waals surface area (Å²) in [6.45, 7) is 0. The minimum absolute atomic E-state index is 0.00826. The number of hydrogen-bond donors (Lipinski definition) is 1. The lowest BCUT2D eigenvalue weighted by Crippen LogP contribution is -1.92. The van der Waals surface area contributed by atoms with E-state index in [1.54, 1.807) is 6.07 Å². The maximum absolute atomic E-state index is 12.9. The summed E-state index contributed by atoms with van der Waals surface area (Å²) in [7, 11) is 0. The van der Waals surface area contributed by atoms with E-state index in [0.717, 1.165) is 0 Å². The summed E-state index contributed by atoms with van der Waals surface area (Å²) in [5, 5.41) is 8.38. The third kappa shape index (κ3) is 1.33. The van der Waals surface area contributed by atoms with Crippen LogP contribution in [0, 0.1) is 17.1 Å². The number of nitrogen functional groups attached to an aromatic ring is 1. The van der Waals surface area contributed by atoms with Gasteiger partial charge in [-0.25, -0.2) is 4.39 Å². The first-order valence-corrected chi connectivity index (χ1v) is 3.59. The number of hydrogen-bond acceptors (Lipinski definition) is 2.